The van der Waals surface area contributed by atoms with Crippen LogP contribution in [0.5, 0.6) is 0 Å². The Morgan fingerprint density at radius 3 is 2.67 bits per heavy atom. The van der Waals surface area contributed by atoms with E-state index in [4.69, 9.17) is 0 Å². The van der Waals surface area contributed by atoms with Gasteiger partial charge in [0.15, 0.2) is 0 Å². The first-order chi connectivity index (χ1) is 8.60. The molecule has 1 saturated heterocycles. The number of carbonyl (C=O) groups is 1. The minimum absolute atomic E-state index is 0.405. The fourth-order valence-electron chi connectivity index (χ4n) is 2.70. The van der Waals surface area contributed by atoms with Gasteiger partial charge in [-0.3, -0.25) is 14.6 Å². The third-order valence-corrected chi connectivity index (χ3v) is 4.01. The maximum atomic E-state index is 11.2. The van der Waals surface area contributed by atoms with Crippen LogP contribution in [-0.2, 0) is 4.79 Å². The number of carboxylic acid groups (broad SMARTS) is 1. The molecular formula is C13H25N3O2. The summed E-state index contributed by atoms with van der Waals surface area (Å²) in [7, 11) is 0. The molecule has 5 heteroatoms. The molecule has 2 aliphatic rings. The molecule has 0 aromatic carbocycles. The van der Waals surface area contributed by atoms with Crippen molar-refractivity contribution in [2.24, 2.45) is 0 Å². The Balaban J connectivity index is 1.81. The van der Waals surface area contributed by atoms with Crippen LogP contribution in [0.2, 0.25) is 0 Å². The molecular weight excluding hydrogens is 230 g/mol. The smallest absolute Gasteiger partial charge is 0.322 e. The predicted octanol–water partition coefficient (Wildman–Crippen LogP) is 0.218. The summed E-state index contributed by atoms with van der Waals surface area (Å²) in [5.41, 5.74) is 0. The van der Waals surface area contributed by atoms with Crippen molar-refractivity contribution in [3.8, 4) is 0 Å². The Morgan fingerprint density at radius 1 is 1.44 bits per heavy atom. The van der Waals surface area contributed by atoms with Gasteiger partial charge in [-0.05, 0) is 26.3 Å². The van der Waals surface area contributed by atoms with Gasteiger partial charge in [-0.1, -0.05) is 6.92 Å². The zero-order valence-electron chi connectivity index (χ0n) is 11.4. The summed E-state index contributed by atoms with van der Waals surface area (Å²) < 4.78 is 0. The van der Waals surface area contributed by atoms with Gasteiger partial charge in [-0.15, -0.1) is 0 Å². The van der Waals surface area contributed by atoms with Crippen molar-refractivity contribution >= 4 is 5.97 Å². The molecule has 0 spiro atoms. The van der Waals surface area contributed by atoms with E-state index in [0.29, 0.717) is 18.6 Å². The first kappa shape index (κ1) is 13.8. The second-order valence-electron chi connectivity index (χ2n) is 5.57. The molecule has 0 aromatic heterocycles. The largest absolute Gasteiger partial charge is 0.480 e. The summed E-state index contributed by atoms with van der Waals surface area (Å²) in [5, 5.41) is 12.5. The average Bonchev–Trinajstić information content (AvgIpc) is 3.12. The highest BCUT2D eigenvalue weighted by Crippen LogP contribution is 2.20. The fraction of sp³-hybridized carbons (Fsp3) is 0.923. The van der Waals surface area contributed by atoms with Crippen LogP contribution in [0.1, 0.15) is 26.7 Å². The molecule has 5 nitrogen and oxygen atoms in total. The number of nitrogens with zero attached hydrogens (tertiary/aromatic N) is 2. The molecule has 104 valence electrons. The maximum absolute atomic E-state index is 11.2. The summed E-state index contributed by atoms with van der Waals surface area (Å²) in [6.07, 6.45) is 2.26. The monoisotopic (exact) mass is 255 g/mol. The second-order valence-corrected chi connectivity index (χ2v) is 5.57. The number of piperazine rings is 1. The van der Waals surface area contributed by atoms with Gasteiger partial charge >= 0.3 is 5.97 Å². The molecule has 2 rings (SSSR count). The van der Waals surface area contributed by atoms with E-state index in [-0.39, 0.29) is 0 Å². The van der Waals surface area contributed by atoms with E-state index in [0.717, 1.165) is 39.0 Å². The molecule has 1 saturated carbocycles. The Hall–Kier alpha value is -0.650. The van der Waals surface area contributed by atoms with Gasteiger partial charge in [0.2, 0.25) is 0 Å². The Labute approximate surface area is 109 Å². The average molecular weight is 255 g/mol. The summed E-state index contributed by atoms with van der Waals surface area (Å²) in [6, 6.07) is 0.567. The predicted molar refractivity (Wildman–Crippen MR) is 70.7 cm³/mol. The minimum atomic E-state index is -0.715. The minimum Gasteiger partial charge on any atom is -0.480 e. The van der Waals surface area contributed by atoms with Crippen LogP contribution < -0.4 is 5.32 Å². The number of nitrogens with one attached hydrogen (secondary N) is 1. The zero-order chi connectivity index (χ0) is 13.1. The summed E-state index contributed by atoms with van der Waals surface area (Å²) in [4.78, 5) is 16.0. The Kier molecular flexibility index (Phi) is 4.59. The van der Waals surface area contributed by atoms with Gasteiger partial charge < -0.3 is 10.4 Å². The van der Waals surface area contributed by atoms with E-state index in [1.807, 2.05) is 0 Å². The highest BCUT2D eigenvalue weighted by molar-refractivity contribution is 5.73. The van der Waals surface area contributed by atoms with E-state index >= 15 is 0 Å². The third kappa shape index (κ3) is 3.67. The third-order valence-electron chi connectivity index (χ3n) is 4.01. The first-order valence-electron chi connectivity index (χ1n) is 7.05. The highest BCUT2D eigenvalue weighted by atomic mass is 16.4. The van der Waals surface area contributed by atoms with Crippen molar-refractivity contribution in [1.29, 1.82) is 0 Å². The van der Waals surface area contributed by atoms with Crippen LogP contribution in [0.15, 0.2) is 0 Å². The summed E-state index contributed by atoms with van der Waals surface area (Å²) in [6.45, 7) is 9.12. The molecule has 0 bridgehead atoms. The fourth-order valence-corrected chi connectivity index (χ4v) is 2.70. The number of hydrogen-bond donors (Lipinski definition) is 2. The van der Waals surface area contributed by atoms with Crippen molar-refractivity contribution in [3.63, 3.8) is 0 Å². The number of likely N-dealkylation sites (N-methyl/N-ethyl adjacent to an activating group) is 1. The molecule has 0 aromatic rings. The van der Waals surface area contributed by atoms with Gasteiger partial charge in [0.05, 0.1) is 0 Å². The SMILES string of the molecule is CCN1CCN(CC(NC2CC2)C(=O)O)CC1C. The normalized spacial score (nSPS) is 28.2. The molecule has 2 atom stereocenters. The van der Waals surface area contributed by atoms with E-state index < -0.39 is 12.0 Å². The van der Waals surface area contributed by atoms with Crippen molar-refractivity contribution < 1.29 is 9.90 Å². The Bertz CT molecular complexity index is 294. The van der Waals surface area contributed by atoms with Crippen LogP contribution in [0.4, 0.5) is 0 Å². The molecule has 2 unspecified atom stereocenters. The Morgan fingerprint density at radius 2 is 2.17 bits per heavy atom. The number of carboxylic acids is 1. The lowest BCUT2D eigenvalue weighted by Gasteiger charge is -2.40. The van der Waals surface area contributed by atoms with Gasteiger partial charge in [0.25, 0.3) is 0 Å². The molecule has 18 heavy (non-hydrogen) atoms. The molecule has 0 radical (unpaired) electrons. The van der Waals surface area contributed by atoms with Gasteiger partial charge in [0, 0.05) is 38.3 Å². The van der Waals surface area contributed by atoms with E-state index in [2.05, 4.69) is 29.0 Å². The second kappa shape index (κ2) is 5.99. The quantitative estimate of drug-likeness (QED) is 0.711. The lowest BCUT2D eigenvalue weighted by atomic mass is 10.1. The summed E-state index contributed by atoms with van der Waals surface area (Å²) in [5.74, 6) is -0.715. The van der Waals surface area contributed by atoms with Crippen molar-refractivity contribution in [1.82, 2.24) is 15.1 Å². The zero-order valence-corrected chi connectivity index (χ0v) is 11.4. The van der Waals surface area contributed by atoms with Crippen molar-refractivity contribution in [2.75, 3.05) is 32.7 Å². The standard InChI is InChI=1S/C13H25N3O2/c1-3-16-7-6-15(8-10(16)2)9-12(13(17)18)14-11-4-5-11/h10-12,14H,3-9H2,1-2H3,(H,17,18). The van der Waals surface area contributed by atoms with Crippen molar-refractivity contribution in [2.45, 2.75) is 44.8 Å². The number of hydrogen-bond acceptors (Lipinski definition) is 4. The van der Waals surface area contributed by atoms with E-state index in [1.54, 1.807) is 0 Å². The number of rotatable bonds is 6. The molecule has 1 aliphatic carbocycles. The lowest BCUT2D eigenvalue weighted by molar-refractivity contribution is -0.140. The first-order valence-corrected chi connectivity index (χ1v) is 7.05. The molecule has 1 heterocycles. The maximum Gasteiger partial charge on any atom is 0.322 e. The lowest BCUT2D eigenvalue weighted by Crippen LogP contribution is -2.56. The van der Waals surface area contributed by atoms with Crippen LogP contribution in [0.3, 0.4) is 0 Å². The van der Waals surface area contributed by atoms with Crippen LogP contribution >= 0.6 is 0 Å². The van der Waals surface area contributed by atoms with Crippen LogP contribution in [0, 0.1) is 0 Å². The van der Waals surface area contributed by atoms with E-state index in [9.17, 15) is 9.90 Å². The van der Waals surface area contributed by atoms with Gasteiger partial charge in [-0.25, -0.2) is 0 Å². The van der Waals surface area contributed by atoms with E-state index in [1.165, 1.54) is 0 Å². The molecule has 0 amide bonds. The summed E-state index contributed by atoms with van der Waals surface area (Å²) >= 11 is 0. The van der Waals surface area contributed by atoms with Gasteiger partial charge in [-0.2, -0.15) is 0 Å². The topological polar surface area (TPSA) is 55.8 Å². The molecule has 2 fully saturated rings. The van der Waals surface area contributed by atoms with Gasteiger partial charge in [0.1, 0.15) is 6.04 Å². The number of aliphatic carboxylic acids is 1. The van der Waals surface area contributed by atoms with Crippen LogP contribution in [0.25, 0.3) is 0 Å². The molecule has 2 N–H and O–H groups in total. The highest BCUT2D eigenvalue weighted by Gasteiger charge is 2.31. The van der Waals surface area contributed by atoms with Crippen molar-refractivity contribution in [3.05, 3.63) is 0 Å². The van der Waals surface area contributed by atoms with Crippen LogP contribution in [-0.4, -0.2) is 71.7 Å². The molecule has 1 aliphatic heterocycles.